The van der Waals surface area contributed by atoms with Gasteiger partial charge >= 0.3 is 0 Å². The molecular formula is C69H129NO18. The Balaban J connectivity index is 1.38. The summed E-state index contributed by atoms with van der Waals surface area (Å²) in [5.74, 6) is -0.239. The van der Waals surface area contributed by atoms with Crippen molar-refractivity contribution in [2.75, 3.05) is 26.4 Å². The summed E-state index contributed by atoms with van der Waals surface area (Å²) in [7, 11) is 0. The highest BCUT2D eigenvalue weighted by Gasteiger charge is 2.53. The molecule has 3 aliphatic heterocycles. The number of aliphatic hydroxyl groups is 11. The molecule has 3 rings (SSSR count). The second kappa shape index (κ2) is 51.7. The molecule has 0 aromatic carbocycles. The lowest BCUT2D eigenvalue weighted by Gasteiger charge is -2.48. The summed E-state index contributed by atoms with van der Waals surface area (Å²) >= 11 is 0. The maximum absolute atomic E-state index is 13.4. The molecule has 3 fully saturated rings. The normalized spacial score (nSPS) is 28.5. The topological polar surface area (TPSA) is 307 Å². The lowest BCUT2D eigenvalue weighted by molar-refractivity contribution is -0.379. The Bertz CT molecular complexity index is 1690. The molecule has 19 heteroatoms. The van der Waals surface area contributed by atoms with Crippen molar-refractivity contribution in [2.45, 2.75) is 381 Å². The second-order valence-electron chi connectivity index (χ2n) is 25.7. The molecule has 17 atom stereocenters. The molecule has 88 heavy (non-hydrogen) atoms. The number of unbranched alkanes of at least 4 members (excludes halogenated alkanes) is 35. The van der Waals surface area contributed by atoms with Crippen molar-refractivity contribution in [3.63, 3.8) is 0 Å². The maximum Gasteiger partial charge on any atom is 0.220 e. The number of carbonyl (C=O) groups excluding carboxylic acids is 1. The highest BCUT2D eigenvalue weighted by atomic mass is 16.8. The molecule has 0 aromatic heterocycles. The van der Waals surface area contributed by atoms with E-state index in [4.69, 9.17) is 28.4 Å². The number of ether oxygens (including phenoxy) is 6. The second-order valence-corrected chi connectivity index (χ2v) is 25.7. The van der Waals surface area contributed by atoms with Crippen molar-refractivity contribution in [1.29, 1.82) is 0 Å². The summed E-state index contributed by atoms with van der Waals surface area (Å²) in [5, 5.41) is 121. The van der Waals surface area contributed by atoms with Gasteiger partial charge in [0, 0.05) is 6.42 Å². The van der Waals surface area contributed by atoms with Crippen LogP contribution in [0.1, 0.15) is 277 Å². The van der Waals surface area contributed by atoms with Crippen molar-refractivity contribution in [2.24, 2.45) is 0 Å². The number of allylic oxidation sites excluding steroid dienone is 4. The lowest BCUT2D eigenvalue weighted by Crippen LogP contribution is -2.66. The number of rotatable bonds is 55. The van der Waals surface area contributed by atoms with E-state index in [0.29, 0.717) is 12.8 Å². The standard InChI is InChI=1S/C69H129NO18/c1-3-5-7-9-11-13-15-17-19-20-21-22-23-24-25-26-27-28-29-30-31-32-33-35-37-39-41-43-45-47-57(75)70-52(53(74)46-44-42-40-38-36-34-18-16-14-12-10-8-6-4-2)51-83-67-63(81)60(78)65(55(49-72)85-67)88-69-64(82)61(79)66(56(50-73)86-69)87-68-62(80)59(77)58(76)54(48-71)84-68/h15,17,20-21,52-56,58-69,71-74,76-82H,3-14,16,18-19,22-51H2,1-2H3,(H,70,75)/b17-15-,21-20-. The van der Waals surface area contributed by atoms with Gasteiger partial charge in [-0.25, -0.2) is 0 Å². The van der Waals surface area contributed by atoms with Crippen molar-refractivity contribution in [3.05, 3.63) is 24.3 Å². The van der Waals surface area contributed by atoms with Gasteiger partial charge in [0.05, 0.1) is 38.6 Å². The molecule has 0 bridgehead atoms. The van der Waals surface area contributed by atoms with Crippen LogP contribution in [-0.4, -0.2) is 193 Å². The summed E-state index contributed by atoms with van der Waals surface area (Å²) in [5.41, 5.74) is 0. The Hall–Kier alpha value is -1.73. The zero-order chi connectivity index (χ0) is 64.0. The number of aliphatic hydroxyl groups excluding tert-OH is 11. The molecule has 0 spiro atoms. The Morgan fingerprint density at radius 3 is 1.16 bits per heavy atom. The molecule has 17 unspecified atom stereocenters. The molecular weight excluding hydrogens is 1130 g/mol. The minimum Gasteiger partial charge on any atom is -0.394 e. The number of hydrogen-bond donors (Lipinski definition) is 12. The van der Waals surface area contributed by atoms with Gasteiger partial charge in [-0.1, -0.05) is 250 Å². The highest BCUT2D eigenvalue weighted by Crippen LogP contribution is 2.33. The molecule has 0 saturated carbocycles. The molecule has 3 aliphatic rings. The molecule has 0 aromatic rings. The van der Waals surface area contributed by atoms with Gasteiger partial charge < -0.3 is 89.9 Å². The Labute approximate surface area is 530 Å². The van der Waals surface area contributed by atoms with Gasteiger partial charge in [-0.3, -0.25) is 4.79 Å². The summed E-state index contributed by atoms with van der Waals surface area (Å²) < 4.78 is 34.4. The first kappa shape index (κ1) is 80.5. The fraction of sp³-hybridized carbons (Fsp3) is 0.928. The number of carbonyl (C=O) groups is 1. The molecule has 518 valence electrons. The summed E-state index contributed by atoms with van der Waals surface area (Å²) in [4.78, 5) is 13.4. The predicted molar refractivity (Wildman–Crippen MR) is 342 cm³/mol. The molecule has 3 heterocycles. The monoisotopic (exact) mass is 1260 g/mol. The fourth-order valence-electron chi connectivity index (χ4n) is 12.2. The molecule has 12 N–H and O–H groups in total. The van der Waals surface area contributed by atoms with Gasteiger partial charge in [0.15, 0.2) is 18.9 Å². The quantitative estimate of drug-likeness (QED) is 0.0199. The van der Waals surface area contributed by atoms with E-state index in [-0.39, 0.29) is 18.9 Å². The van der Waals surface area contributed by atoms with Crippen LogP contribution in [0.5, 0.6) is 0 Å². The average molecular weight is 1260 g/mol. The van der Waals surface area contributed by atoms with E-state index in [1.807, 2.05) is 0 Å². The SMILES string of the molecule is CCCCCCC/C=C\C/C=C\CCCCCCCCCCCCCCCCCCCC(=O)NC(COC1OC(CO)C(OC2OC(CO)C(OC3OC(CO)C(O)C(O)C3O)C(O)C2O)C(O)C1O)C(O)CCCCCCCCCCCCCCCC. The van der Waals surface area contributed by atoms with Gasteiger partial charge in [0.2, 0.25) is 5.91 Å². The Morgan fingerprint density at radius 1 is 0.409 bits per heavy atom. The van der Waals surface area contributed by atoms with Gasteiger partial charge in [-0.2, -0.15) is 0 Å². The Kier molecular flexibility index (Phi) is 47.3. The maximum atomic E-state index is 13.4. The third-order valence-electron chi connectivity index (χ3n) is 18.0. The summed E-state index contributed by atoms with van der Waals surface area (Å²) in [6.45, 7) is 1.81. The smallest absolute Gasteiger partial charge is 0.220 e. The predicted octanol–water partition coefficient (Wildman–Crippen LogP) is 9.44. The first-order chi connectivity index (χ1) is 42.8. The van der Waals surface area contributed by atoms with E-state index < -0.39 is 124 Å². The number of nitrogens with one attached hydrogen (secondary N) is 1. The van der Waals surface area contributed by atoms with Crippen molar-refractivity contribution in [1.82, 2.24) is 5.32 Å². The minimum atomic E-state index is -1.97. The minimum absolute atomic E-state index is 0.239. The van der Waals surface area contributed by atoms with E-state index >= 15 is 0 Å². The zero-order valence-corrected chi connectivity index (χ0v) is 54.7. The van der Waals surface area contributed by atoms with Crippen LogP contribution in [0.2, 0.25) is 0 Å². The van der Waals surface area contributed by atoms with E-state index in [1.54, 1.807) is 0 Å². The fourth-order valence-corrected chi connectivity index (χ4v) is 12.2. The Morgan fingerprint density at radius 2 is 0.750 bits per heavy atom. The lowest BCUT2D eigenvalue weighted by atomic mass is 9.96. The summed E-state index contributed by atoms with van der Waals surface area (Å²) in [6.07, 6.45) is 31.2. The van der Waals surface area contributed by atoms with Crippen LogP contribution in [0.4, 0.5) is 0 Å². The van der Waals surface area contributed by atoms with Crippen molar-refractivity contribution in [3.8, 4) is 0 Å². The van der Waals surface area contributed by atoms with Crippen LogP contribution in [0.15, 0.2) is 24.3 Å². The highest BCUT2D eigenvalue weighted by molar-refractivity contribution is 5.76. The van der Waals surface area contributed by atoms with Crippen LogP contribution < -0.4 is 5.32 Å². The molecule has 1 amide bonds. The first-order valence-electron chi connectivity index (χ1n) is 35.6. The summed E-state index contributed by atoms with van der Waals surface area (Å²) in [6, 6.07) is -0.884. The van der Waals surface area contributed by atoms with Crippen LogP contribution >= 0.6 is 0 Å². The van der Waals surface area contributed by atoms with Gasteiger partial charge in [-0.05, 0) is 44.9 Å². The molecule has 19 nitrogen and oxygen atoms in total. The van der Waals surface area contributed by atoms with E-state index in [2.05, 4.69) is 43.5 Å². The van der Waals surface area contributed by atoms with Gasteiger partial charge in [0.1, 0.15) is 73.2 Å². The molecule has 3 saturated heterocycles. The number of hydrogen-bond acceptors (Lipinski definition) is 18. The molecule has 0 aliphatic carbocycles. The first-order valence-corrected chi connectivity index (χ1v) is 35.6. The van der Waals surface area contributed by atoms with E-state index in [9.17, 15) is 61.0 Å². The molecule has 0 radical (unpaired) electrons. The third-order valence-corrected chi connectivity index (χ3v) is 18.0. The van der Waals surface area contributed by atoms with Crippen molar-refractivity contribution >= 4 is 5.91 Å². The largest absolute Gasteiger partial charge is 0.394 e. The third kappa shape index (κ3) is 33.4. The average Bonchev–Trinajstić information content (AvgIpc) is 2.57. The van der Waals surface area contributed by atoms with Gasteiger partial charge in [0.25, 0.3) is 0 Å². The van der Waals surface area contributed by atoms with Crippen LogP contribution in [0.25, 0.3) is 0 Å². The van der Waals surface area contributed by atoms with Gasteiger partial charge in [-0.15, -0.1) is 0 Å². The van der Waals surface area contributed by atoms with E-state index in [0.717, 1.165) is 51.4 Å². The van der Waals surface area contributed by atoms with E-state index in [1.165, 1.54) is 193 Å². The number of amides is 1. The van der Waals surface area contributed by atoms with Crippen LogP contribution in [-0.2, 0) is 33.2 Å². The van der Waals surface area contributed by atoms with Crippen LogP contribution in [0.3, 0.4) is 0 Å². The van der Waals surface area contributed by atoms with Crippen molar-refractivity contribution < 1.29 is 89.4 Å². The van der Waals surface area contributed by atoms with Crippen LogP contribution in [0, 0.1) is 0 Å². The zero-order valence-electron chi connectivity index (χ0n) is 54.7.